The summed E-state index contributed by atoms with van der Waals surface area (Å²) in [4.78, 5) is 0.0560. The molecule has 28 heavy (non-hydrogen) atoms. The van der Waals surface area contributed by atoms with E-state index in [0.717, 1.165) is 49.8 Å². The summed E-state index contributed by atoms with van der Waals surface area (Å²) in [5.41, 5.74) is 1.75. The lowest BCUT2D eigenvalue weighted by Gasteiger charge is -2.36. The molecule has 1 atom stereocenters. The van der Waals surface area contributed by atoms with Gasteiger partial charge in [0, 0.05) is 6.61 Å². The topological polar surface area (TPSA) is 63.6 Å². The summed E-state index contributed by atoms with van der Waals surface area (Å²) in [6.07, 6.45) is 5.97. The molecule has 1 aromatic rings. The largest absolute Gasteiger partial charge is 0.417 e. The molecule has 0 bridgehead atoms. The van der Waals surface area contributed by atoms with E-state index in [9.17, 15) is 13.0 Å². The molecule has 0 unspecified atom stereocenters. The first-order valence-electron chi connectivity index (χ1n) is 10.5. The number of aryl methyl sites for hydroxylation is 1. The van der Waals surface area contributed by atoms with Crippen molar-refractivity contribution in [3.8, 4) is 0 Å². The standard InChI is InChI=1S/C22H40O4SSi/c1-8-11-19(12-9-10-15-26-28(6,7)22(3,4)5)17-20-16-18(2)13-14-21(20)27(23,24)25/h13-14,16,19H,8-12,15,17H2,1-7H3,(H,23,24,25)/t19-/m1/s1. The first-order valence-corrected chi connectivity index (χ1v) is 14.8. The van der Waals surface area contributed by atoms with Crippen LogP contribution in [-0.4, -0.2) is 27.9 Å². The summed E-state index contributed by atoms with van der Waals surface area (Å²) >= 11 is 0. The molecule has 0 aromatic heterocycles. The van der Waals surface area contributed by atoms with Crippen LogP contribution in [0.2, 0.25) is 18.1 Å². The zero-order valence-corrected chi connectivity index (χ0v) is 20.7. The Hall–Kier alpha value is -0.693. The summed E-state index contributed by atoms with van der Waals surface area (Å²) in [6, 6.07) is 5.15. The van der Waals surface area contributed by atoms with E-state index in [1.807, 2.05) is 13.0 Å². The molecule has 1 rings (SSSR count). The van der Waals surface area contributed by atoms with Crippen molar-refractivity contribution in [2.45, 2.75) is 96.2 Å². The molecule has 0 saturated heterocycles. The Morgan fingerprint density at radius 2 is 1.79 bits per heavy atom. The Bertz CT molecular complexity index is 721. The normalized spacial score (nSPS) is 14.3. The van der Waals surface area contributed by atoms with Gasteiger partial charge >= 0.3 is 0 Å². The van der Waals surface area contributed by atoms with Crippen LogP contribution in [0, 0.1) is 12.8 Å². The smallest absolute Gasteiger partial charge is 0.294 e. The molecule has 6 heteroatoms. The first kappa shape index (κ1) is 25.3. The van der Waals surface area contributed by atoms with E-state index in [0.29, 0.717) is 12.3 Å². The number of unbranched alkanes of at least 4 members (excludes halogenated alkanes) is 1. The molecular formula is C22H40O4SSi. The second-order valence-electron chi connectivity index (χ2n) is 9.55. The first-order chi connectivity index (χ1) is 12.8. The Balaban J connectivity index is 2.67. The highest BCUT2D eigenvalue weighted by atomic mass is 32.2. The van der Waals surface area contributed by atoms with Crippen molar-refractivity contribution in [2.24, 2.45) is 5.92 Å². The fourth-order valence-electron chi connectivity index (χ4n) is 3.27. The fraction of sp³-hybridized carbons (Fsp3) is 0.727. The van der Waals surface area contributed by atoms with Crippen LogP contribution in [0.4, 0.5) is 0 Å². The van der Waals surface area contributed by atoms with Gasteiger partial charge in [-0.1, -0.05) is 71.1 Å². The van der Waals surface area contributed by atoms with Crippen LogP contribution >= 0.6 is 0 Å². The van der Waals surface area contributed by atoms with Gasteiger partial charge in [-0.2, -0.15) is 8.42 Å². The monoisotopic (exact) mass is 428 g/mol. The summed E-state index contributed by atoms with van der Waals surface area (Å²) in [7, 11) is -5.87. The Labute approximate surface area is 174 Å². The van der Waals surface area contributed by atoms with Gasteiger partial charge in [-0.15, -0.1) is 0 Å². The Morgan fingerprint density at radius 3 is 2.32 bits per heavy atom. The van der Waals surface area contributed by atoms with Crippen LogP contribution in [0.1, 0.15) is 70.9 Å². The average Bonchev–Trinajstić information content (AvgIpc) is 2.52. The molecule has 162 valence electrons. The molecular weight excluding hydrogens is 388 g/mol. The quantitative estimate of drug-likeness (QED) is 0.252. The van der Waals surface area contributed by atoms with Gasteiger partial charge in [0.2, 0.25) is 0 Å². The van der Waals surface area contributed by atoms with Gasteiger partial charge < -0.3 is 4.43 Å². The van der Waals surface area contributed by atoms with Crippen LogP contribution < -0.4 is 0 Å². The summed E-state index contributed by atoms with van der Waals surface area (Å²) in [5.74, 6) is 0.417. The van der Waals surface area contributed by atoms with Gasteiger partial charge in [0.1, 0.15) is 0 Å². The third-order valence-electron chi connectivity index (χ3n) is 5.98. The van der Waals surface area contributed by atoms with Crippen LogP contribution in [-0.2, 0) is 21.0 Å². The van der Waals surface area contributed by atoms with E-state index < -0.39 is 18.4 Å². The van der Waals surface area contributed by atoms with Gasteiger partial charge in [-0.3, -0.25) is 4.55 Å². The average molecular weight is 429 g/mol. The Kier molecular flexibility index (Phi) is 9.39. The lowest BCUT2D eigenvalue weighted by molar-refractivity contribution is 0.272. The summed E-state index contributed by atoms with van der Waals surface area (Å²) in [5, 5.41) is 0.231. The van der Waals surface area contributed by atoms with Crippen molar-refractivity contribution in [2.75, 3.05) is 6.61 Å². The second kappa shape index (κ2) is 10.4. The third-order valence-corrected chi connectivity index (χ3v) is 11.5. The maximum Gasteiger partial charge on any atom is 0.294 e. The molecule has 0 aliphatic carbocycles. The van der Waals surface area contributed by atoms with E-state index in [-0.39, 0.29) is 9.93 Å². The summed E-state index contributed by atoms with van der Waals surface area (Å²) < 4.78 is 39.3. The molecule has 0 fully saturated rings. The molecule has 4 nitrogen and oxygen atoms in total. The van der Waals surface area contributed by atoms with Crippen molar-refractivity contribution in [1.29, 1.82) is 0 Å². The molecule has 0 radical (unpaired) electrons. The van der Waals surface area contributed by atoms with E-state index in [4.69, 9.17) is 4.43 Å². The van der Waals surface area contributed by atoms with Crippen molar-refractivity contribution >= 4 is 18.4 Å². The highest BCUT2D eigenvalue weighted by molar-refractivity contribution is 7.85. The van der Waals surface area contributed by atoms with Gasteiger partial charge in [-0.05, 0) is 55.4 Å². The lowest BCUT2D eigenvalue weighted by Crippen LogP contribution is -2.40. The zero-order valence-electron chi connectivity index (χ0n) is 18.8. The molecule has 1 N–H and O–H groups in total. The third kappa shape index (κ3) is 7.97. The molecule has 0 heterocycles. The van der Waals surface area contributed by atoms with E-state index in [2.05, 4.69) is 40.8 Å². The number of benzene rings is 1. The fourth-order valence-corrected chi connectivity index (χ4v) is 5.07. The number of hydrogen-bond acceptors (Lipinski definition) is 3. The zero-order chi connectivity index (χ0) is 21.6. The van der Waals surface area contributed by atoms with Gasteiger partial charge in [-0.25, -0.2) is 0 Å². The number of rotatable bonds is 11. The number of hydrogen-bond donors (Lipinski definition) is 1. The minimum atomic E-state index is -4.19. The molecule has 0 spiro atoms. The lowest BCUT2D eigenvalue weighted by atomic mass is 9.90. The minimum Gasteiger partial charge on any atom is -0.417 e. The van der Waals surface area contributed by atoms with E-state index in [1.165, 1.54) is 6.07 Å². The van der Waals surface area contributed by atoms with Crippen LogP contribution in [0.5, 0.6) is 0 Å². The molecule has 0 amide bonds. The van der Waals surface area contributed by atoms with Gasteiger partial charge in [0.15, 0.2) is 8.32 Å². The van der Waals surface area contributed by atoms with Crippen molar-refractivity contribution < 1.29 is 17.4 Å². The summed E-state index contributed by atoms with van der Waals surface area (Å²) in [6.45, 7) is 16.2. The minimum absolute atomic E-state index is 0.0560. The molecule has 1 aromatic carbocycles. The van der Waals surface area contributed by atoms with Crippen LogP contribution in [0.3, 0.4) is 0 Å². The predicted molar refractivity (Wildman–Crippen MR) is 120 cm³/mol. The van der Waals surface area contributed by atoms with Crippen LogP contribution in [0.15, 0.2) is 23.1 Å². The highest BCUT2D eigenvalue weighted by Crippen LogP contribution is 2.36. The second-order valence-corrected chi connectivity index (χ2v) is 15.7. The van der Waals surface area contributed by atoms with Gasteiger partial charge in [0.25, 0.3) is 10.1 Å². The van der Waals surface area contributed by atoms with E-state index in [1.54, 1.807) is 6.07 Å². The maximum absolute atomic E-state index is 11.7. The molecule has 0 aliphatic rings. The predicted octanol–water partition coefficient (Wildman–Crippen LogP) is 6.39. The van der Waals surface area contributed by atoms with Crippen LogP contribution in [0.25, 0.3) is 0 Å². The molecule has 0 saturated carbocycles. The van der Waals surface area contributed by atoms with Crippen molar-refractivity contribution in [3.05, 3.63) is 29.3 Å². The van der Waals surface area contributed by atoms with Crippen molar-refractivity contribution in [1.82, 2.24) is 0 Å². The SMILES string of the molecule is CCC[C@H](CCCCO[Si](C)(C)C(C)(C)C)Cc1cc(C)ccc1S(=O)(=O)O. The Morgan fingerprint density at radius 1 is 1.14 bits per heavy atom. The van der Waals surface area contributed by atoms with E-state index >= 15 is 0 Å². The highest BCUT2D eigenvalue weighted by Gasteiger charge is 2.36. The van der Waals surface area contributed by atoms with Crippen molar-refractivity contribution in [3.63, 3.8) is 0 Å². The molecule has 0 aliphatic heterocycles. The maximum atomic E-state index is 11.7. The van der Waals surface area contributed by atoms with Gasteiger partial charge in [0.05, 0.1) is 4.90 Å².